The molecular weight excluding hydrogens is 245 g/mol. The number of alkyl halides is 1. The van der Waals surface area contributed by atoms with E-state index in [1.165, 1.54) is 0 Å². The summed E-state index contributed by atoms with van der Waals surface area (Å²) in [6.45, 7) is 2.41. The number of halogens is 2. The monoisotopic (exact) mass is 259 g/mol. The number of nitrogens with one attached hydrogen (secondary N) is 1. The maximum atomic E-state index is 12.1. The molecule has 0 unspecified atom stereocenters. The number of hydrogen-bond donors (Lipinski definition) is 1. The normalized spacial score (nSPS) is 10.0. The van der Waals surface area contributed by atoms with Gasteiger partial charge in [0.05, 0.1) is 19.4 Å². The smallest absolute Gasteiger partial charge is 0.151 e. The molecule has 0 saturated carbocycles. The quantitative estimate of drug-likeness (QED) is 0.898. The van der Waals surface area contributed by atoms with Gasteiger partial charge in [0.1, 0.15) is 12.4 Å². The highest BCUT2D eigenvalue weighted by Gasteiger charge is 2.05. The van der Waals surface area contributed by atoms with E-state index in [-0.39, 0.29) is 12.4 Å². The van der Waals surface area contributed by atoms with E-state index in [1.807, 2.05) is 25.3 Å². The van der Waals surface area contributed by atoms with Crippen molar-refractivity contribution < 1.29 is 8.81 Å². The molecule has 0 saturated heterocycles. The van der Waals surface area contributed by atoms with Crippen molar-refractivity contribution in [3.05, 3.63) is 35.9 Å². The highest BCUT2D eigenvalue weighted by molar-refractivity contribution is 5.85. The molecule has 0 fully saturated rings. The Labute approximate surface area is 105 Å². The van der Waals surface area contributed by atoms with E-state index in [4.69, 9.17) is 4.42 Å². The van der Waals surface area contributed by atoms with Gasteiger partial charge in [-0.1, -0.05) is 0 Å². The number of furan rings is 1. The Morgan fingerprint density at radius 2 is 2.35 bits per heavy atom. The van der Waals surface area contributed by atoms with Gasteiger partial charge in [0.25, 0.3) is 0 Å². The summed E-state index contributed by atoms with van der Waals surface area (Å²) in [6.07, 6.45) is 3.45. The lowest BCUT2D eigenvalue weighted by atomic mass is 10.3. The first-order valence-corrected chi connectivity index (χ1v) is 5.16. The van der Waals surface area contributed by atoms with Crippen LogP contribution in [0.5, 0.6) is 0 Å². The summed E-state index contributed by atoms with van der Waals surface area (Å²) < 4.78 is 18.9. The van der Waals surface area contributed by atoms with Crippen LogP contribution >= 0.6 is 12.4 Å². The molecule has 2 heterocycles. The third kappa shape index (κ3) is 3.49. The first-order valence-electron chi connectivity index (χ1n) is 5.16. The second-order valence-electron chi connectivity index (χ2n) is 3.55. The van der Waals surface area contributed by atoms with Crippen molar-refractivity contribution in [2.45, 2.75) is 20.0 Å². The van der Waals surface area contributed by atoms with Gasteiger partial charge in [-0.2, -0.15) is 5.10 Å². The fourth-order valence-corrected chi connectivity index (χ4v) is 1.48. The fourth-order valence-electron chi connectivity index (χ4n) is 1.48. The fraction of sp³-hybridized carbons (Fsp3) is 0.364. The zero-order chi connectivity index (χ0) is 11.4. The molecule has 0 atom stereocenters. The molecule has 17 heavy (non-hydrogen) atoms. The van der Waals surface area contributed by atoms with Crippen LogP contribution in [0.4, 0.5) is 10.2 Å². The van der Waals surface area contributed by atoms with Gasteiger partial charge in [-0.25, -0.2) is 4.39 Å². The largest absolute Gasteiger partial charge is 0.467 e. The van der Waals surface area contributed by atoms with E-state index in [0.717, 1.165) is 17.1 Å². The first-order chi connectivity index (χ1) is 7.79. The molecule has 94 valence electrons. The Morgan fingerprint density at radius 3 is 3.00 bits per heavy atom. The predicted octanol–water partition coefficient (Wildman–Crippen LogP) is 2.79. The van der Waals surface area contributed by atoms with Crippen molar-refractivity contribution in [3.8, 4) is 0 Å². The van der Waals surface area contributed by atoms with E-state index in [9.17, 15) is 4.39 Å². The van der Waals surface area contributed by atoms with Gasteiger partial charge >= 0.3 is 0 Å². The summed E-state index contributed by atoms with van der Waals surface area (Å²) >= 11 is 0. The molecule has 0 aliphatic carbocycles. The first kappa shape index (κ1) is 13.6. The zero-order valence-corrected chi connectivity index (χ0v) is 10.3. The van der Waals surface area contributed by atoms with Crippen LogP contribution < -0.4 is 5.32 Å². The number of aromatic nitrogens is 2. The second-order valence-corrected chi connectivity index (χ2v) is 3.55. The number of hydrogen-bond acceptors (Lipinski definition) is 3. The standard InChI is InChI=1S/C11H14FN3O.ClH/c1-9-8-15(5-4-12)14-11(9)13-7-10-3-2-6-16-10;/h2-3,6,8H,4-5,7H2,1H3,(H,13,14);1H. The minimum atomic E-state index is -0.404. The van der Waals surface area contributed by atoms with Gasteiger partial charge in [0.15, 0.2) is 5.82 Å². The van der Waals surface area contributed by atoms with Crippen LogP contribution in [0, 0.1) is 6.92 Å². The second kappa shape index (κ2) is 6.30. The lowest BCUT2D eigenvalue weighted by Gasteiger charge is -2.01. The molecule has 6 heteroatoms. The molecule has 2 rings (SSSR count). The molecule has 0 aliphatic rings. The van der Waals surface area contributed by atoms with E-state index in [0.29, 0.717) is 13.1 Å². The van der Waals surface area contributed by atoms with Gasteiger partial charge in [-0.05, 0) is 19.1 Å². The third-order valence-electron chi connectivity index (χ3n) is 2.27. The Bertz CT molecular complexity index is 442. The molecule has 2 aromatic rings. The Morgan fingerprint density at radius 1 is 1.53 bits per heavy atom. The average molecular weight is 260 g/mol. The summed E-state index contributed by atoms with van der Waals surface area (Å²) in [5.41, 5.74) is 1.00. The SMILES string of the molecule is Cc1cn(CCF)nc1NCc1ccco1.Cl. The Hall–Kier alpha value is -1.49. The zero-order valence-electron chi connectivity index (χ0n) is 9.52. The van der Waals surface area contributed by atoms with Crippen LogP contribution in [-0.2, 0) is 13.1 Å². The van der Waals surface area contributed by atoms with Gasteiger partial charge in [-0.3, -0.25) is 4.68 Å². The lowest BCUT2D eigenvalue weighted by molar-refractivity contribution is 0.427. The van der Waals surface area contributed by atoms with Crippen LogP contribution in [0.1, 0.15) is 11.3 Å². The topological polar surface area (TPSA) is 43.0 Å². The highest BCUT2D eigenvalue weighted by Crippen LogP contribution is 2.13. The molecular formula is C11H15ClFN3O. The Kier molecular flexibility index (Phi) is 5.03. The number of anilines is 1. The molecule has 0 amide bonds. The molecule has 0 spiro atoms. The molecule has 2 aromatic heterocycles. The van der Waals surface area contributed by atoms with Crippen molar-refractivity contribution >= 4 is 18.2 Å². The maximum Gasteiger partial charge on any atom is 0.151 e. The molecule has 1 N–H and O–H groups in total. The molecule has 0 aliphatic heterocycles. The van der Waals surface area contributed by atoms with Crippen molar-refractivity contribution in [1.29, 1.82) is 0 Å². The van der Waals surface area contributed by atoms with Crippen LogP contribution in [0.3, 0.4) is 0 Å². The van der Waals surface area contributed by atoms with Crippen molar-refractivity contribution in [3.63, 3.8) is 0 Å². The van der Waals surface area contributed by atoms with Gasteiger partial charge in [0, 0.05) is 11.8 Å². The Balaban J connectivity index is 0.00000144. The van der Waals surface area contributed by atoms with Crippen LogP contribution in [0.25, 0.3) is 0 Å². The summed E-state index contributed by atoms with van der Waals surface area (Å²) in [5.74, 6) is 1.62. The van der Waals surface area contributed by atoms with Crippen LogP contribution in [0.15, 0.2) is 29.0 Å². The maximum absolute atomic E-state index is 12.1. The highest BCUT2D eigenvalue weighted by atomic mass is 35.5. The van der Waals surface area contributed by atoms with Gasteiger partial charge < -0.3 is 9.73 Å². The number of rotatable bonds is 5. The van der Waals surface area contributed by atoms with Crippen LogP contribution in [0.2, 0.25) is 0 Å². The lowest BCUT2D eigenvalue weighted by Crippen LogP contribution is -2.03. The average Bonchev–Trinajstić information content (AvgIpc) is 2.86. The van der Waals surface area contributed by atoms with Crippen molar-refractivity contribution in [2.24, 2.45) is 0 Å². The summed E-state index contributed by atoms with van der Waals surface area (Å²) in [5, 5.41) is 7.37. The molecule has 0 bridgehead atoms. The van der Waals surface area contributed by atoms with Gasteiger partial charge in [0.2, 0.25) is 0 Å². The molecule has 0 radical (unpaired) electrons. The predicted molar refractivity (Wildman–Crippen MR) is 66.2 cm³/mol. The van der Waals surface area contributed by atoms with E-state index in [1.54, 1.807) is 10.9 Å². The third-order valence-corrected chi connectivity index (χ3v) is 2.27. The summed E-state index contributed by atoms with van der Waals surface area (Å²) in [4.78, 5) is 0. The van der Waals surface area contributed by atoms with E-state index < -0.39 is 6.67 Å². The summed E-state index contributed by atoms with van der Waals surface area (Å²) in [7, 11) is 0. The van der Waals surface area contributed by atoms with E-state index >= 15 is 0 Å². The molecule has 4 nitrogen and oxygen atoms in total. The van der Waals surface area contributed by atoms with Crippen LogP contribution in [-0.4, -0.2) is 16.5 Å². The molecule has 0 aromatic carbocycles. The number of nitrogens with zero attached hydrogens (tertiary/aromatic N) is 2. The van der Waals surface area contributed by atoms with Gasteiger partial charge in [-0.15, -0.1) is 12.4 Å². The minimum Gasteiger partial charge on any atom is -0.467 e. The van der Waals surface area contributed by atoms with E-state index in [2.05, 4.69) is 10.4 Å². The number of aryl methyl sites for hydroxylation is 2. The summed E-state index contributed by atoms with van der Waals surface area (Å²) in [6, 6.07) is 3.73. The van der Waals surface area contributed by atoms with Crippen molar-refractivity contribution in [1.82, 2.24) is 9.78 Å². The van der Waals surface area contributed by atoms with Crippen molar-refractivity contribution in [2.75, 3.05) is 12.0 Å². The minimum absolute atomic E-state index is 0.